The smallest absolute Gasteiger partial charge is 0.268 e. The second kappa shape index (κ2) is 6.97. The number of benzene rings is 3. The second-order valence-corrected chi connectivity index (χ2v) is 7.41. The Morgan fingerprint density at radius 3 is 2.36 bits per heavy atom. The van der Waals surface area contributed by atoms with Gasteiger partial charge >= 0.3 is 0 Å². The van der Waals surface area contributed by atoms with Crippen LogP contribution in [0.25, 0.3) is 0 Å². The lowest BCUT2D eigenvalue weighted by atomic mass is 9.87. The van der Waals surface area contributed by atoms with E-state index < -0.39 is 5.60 Å². The Morgan fingerprint density at radius 1 is 1.04 bits per heavy atom. The summed E-state index contributed by atoms with van der Waals surface area (Å²) in [7, 11) is 1.61. The van der Waals surface area contributed by atoms with Crippen LogP contribution in [-0.2, 0) is 16.9 Å². The summed E-state index contributed by atoms with van der Waals surface area (Å²) < 4.78 is 5.20. The summed E-state index contributed by atoms with van der Waals surface area (Å²) in [5.41, 5.74) is 1.92. The lowest BCUT2D eigenvalue weighted by Crippen LogP contribution is -2.40. The van der Waals surface area contributed by atoms with Crippen molar-refractivity contribution in [2.24, 2.45) is 0 Å². The first-order valence-corrected chi connectivity index (χ1v) is 9.35. The van der Waals surface area contributed by atoms with Crippen LogP contribution in [0.2, 0.25) is 5.02 Å². The SMILES string of the molecule is COc1ccc(CN2C(=O)[C@@](O)(c3ccc(C)cc3)c3cc(Cl)ccc32)cc1. The van der Waals surface area contributed by atoms with E-state index in [2.05, 4.69) is 0 Å². The van der Waals surface area contributed by atoms with Crippen LogP contribution >= 0.6 is 11.6 Å². The van der Waals surface area contributed by atoms with Crippen molar-refractivity contribution in [3.63, 3.8) is 0 Å². The highest BCUT2D eigenvalue weighted by molar-refractivity contribution is 6.31. The molecule has 0 radical (unpaired) electrons. The number of amides is 1. The molecule has 0 saturated carbocycles. The van der Waals surface area contributed by atoms with Gasteiger partial charge in [-0.2, -0.15) is 0 Å². The molecule has 1 heterocycles. The highest BCUT2D eigenvalue weighted by Gasteiger charge is 2.51. The average molecular weight is 394 g/mol. The molecule has 4 rings (SSSR count). The fourth-order valence-electron chi connectivity index (χ4n) is 3.60. The summed E-state index contributed by atoms with van der Waals surface area (Å²) >= 11 is 6.20. The van der Waals surface area contributed by atoms with Gasteiger partial charge in [0.1, 0.15) is 5.75 Å². The minimum atomic E-state index is -1.76. The number of aliphatic hydroxyl groups is 1. The first-order valence-electron chi connectivity index (χ1n) is 8.98. The maximum atomic E-state index is 13.4. The number of ether oxygens (including phenoxy) is 1. The number of carbonyl (C=O) groups is 1. The number of hydrogen-bond acceptors (Lipinski definition) is 3. The summed E-state index contributed by atoms with van der Waals surface area (Å²) in [4.78, 5) is 15.0. The van der Waals surface area contributed by atoms with Gasteiger partial charge in [-0.25, -0.2) is 0 Å². The van der Waals surface area contributed by atoms with Crippen LogP contribution in [0.15, 0.2) is 66.7 Å². The number of halogens is 1. The minimum absolute atomic E-state index is 0.339. The number of carbonyl (C=O) groups excluding carboxylic acids is 1. The number of hydrogen-bond donors (Lipinski definition) is 1. The lowest BCUT2D eigenvalue weighted by Gasteiger charge is -2.24. The van der Waals surface area contributed by atoms with Crippen LogP contribution < -0.4 is 9.64 Å². The van der Waals surface area contributed by atoms with Gasteiger partial charge in [0, 0.05) is 10.6 Å². The molecular formula is C23H20ClNO3. The van der Waals surface area contributed by atoms with Crippen molar-refractivity contribution in [1.29, 1.82) is 0 Å². The molecule has 3 aromatic carbocycles. The van der Waals surface area contributed by atoms with E-state index in [9.17, 15) is 9.90 Å². The van der Waals surface area contributed by atoms with Crippen molar-refractivity contribution in [3.8, 4) is 5.75 Å². The van der Waals surface area contributed by atoms with Crippen molar-refractivity contribution in [3.05, 3.63) is 94.0 Å². The Balaban J connectivity index is 1.79. The quantitative estimate of drug-likeness (QED) is 0.712. The molecule has 5 heteroatoms. The minimum Gasteiger partial charge on any atom is -0.497 e. The van der Waals surface area contributed by atoms with Gasteiger partial charge in [0.05, 0.1) is 19.3 Å². The molecule has 1 aliphatic rings. The number of rotatable bonds is 4. The highest BCUT2D eigenvalue weighted by atomic mass is 35.5. The van der Waals surface area contributed by atoms with E-state index in [0.717, 1.165) is 16.9 Å². The van der Waals surface area contributed by atoms with Gasteiger partial charge in [-0.3, -0.25) is 4.79 Å². The molecule has 28 heavy (non-hydrogen) atoms. The summed E-state index contributed by atoms with van der Waals surface area (Å²) in [5.74, 6) is 0.365. The van der Waals surface area contributed by atoms with E-state index in [-0.39, 0.29) is 5.91 Å². The van der Waals surface area contributed by atoms with Gasteiger partial charge in [0.15, 0.2) is 5.60 Å². The van der Waals surface area contributed by atoms with E-state index in [1.807, 2.05) is 43.3 Å². The fraction of sp³-hybridized carbons (Fsp3) is 0.174. The van der Waals surface area contributed by atoms with Crippen molar-refractivity contribution < 1.29 is 14.6 Å². The Morgan fingerprint density at radius 2 is 1.71 bits per heavy atom. The standard InChI is InChI=1S/C23H20ClNO3/c1-15-3-7-17(8-4-15)23(27)20-13-18(24)9-12-21(20)25(22(23)26)14-16-5-10-19(28-2)11-6-16/h3-13,27H,14H2,1-2H3/t23-/m1/s1. The molecule has 0 bridgehead atoms. The Hall–Kier alpha value is -2.82. The van der Waals surface area contributed by atoms with E-state index in [4.69, 9.17) is 16.3 Å². The number of nitrogens with zero attached hydrogens (tertiary/aromatic N) is 1. The zero-order valence-corrected chi connectivity index (χ0v) is 16.4. The second-order valence-electron chi connectivity index (χ2n) is 6.98. The molecule has 0 spiro atoms. The van der Waals surface area contributed by atoms with Crippen molar-refractivity contribution in [2.75, 3.05) is 12.0 Å². The fourth-order valence-corrected chi connectivity index (χ4v) is 3.77. The monoisotopic (exact) mass is 393 g/mol. The van der Waals surface area contributed by atoms with Crippen LogP contribution in [0.4, 0.5) is 5.69 Å². The molecule has 0 saturated heterocycles. The molecule has 1 aliphatic heterocycles. The summed E-state index contributed by atoms with van der Waals surface area (Å²) in [6.45, 7) is 2.30. The number of anilines is 1. The normalized spacial score (nSPS) is 18.3. The molecule has 1 amide bonds. The molecule has 1 N–H and O–H groups in total. The third kappa shape index (κ3) is 2.95. The average Bonchev–Trinajstić information content (AvgIpc) is 2.91. The van der Waals surface area contributed by atoms with Crippen LogP contribution in [-0.4, -0.2) is 18.1 Å². The van der Waals surface area contributed by atoms with Crippen LogP contribution in [0, 0.1) is 6.92 Å². The van der Waals surface area contributed by atoms with Crippen LogP contribution in [0.1, 0.15) is 22.3 Å². The van der Waals surface area contributed by atoms with Gasteiger partial charge in [-0.1, -0.05) is 53.6 Å². The van der Waals surface area contributed by atoms with Gasteiger partial charge in [0.25, 0.3) is 5.91 Å². The van der Waals surface area contributed by atoms with Gasteiger partial charge in [0.2, 0.25) is 0 Å². The largest absolute Gasteiger partial charge is 0.497 e. The Bertz CT molecular complexity index is 1030. The lowest BCUT2D eigenvalue weighted by molar-refractivity contribution is -0.132. The topological polar surface area (TPSA) is 49.8 Å². The maximum absolute atomic E-state index is 13.4. The third-order valence-electron chi connectivity index (χ3n) is 5.16. The van der Waals surface area contributed by atoms with E-state index in [1.54, 1.807) is 42.3 Å². The predicted octanol–water partition coefficient (Wildman–Crippen LogP) is 4.44. The van der Waals surface area contributed by atoms with Gasteiger partial charge in [-0.05, 0) is 48.4 Å². The van der Waals surface area contributed by atoms with Gasteiger partial charge in [-0.15, -0.1) is 0 Å². The first kappa shape index (κ1) is 18.5. The Kier molecular flexibility index (Phi) is 4.61. The van der Waals surface area contributed by atoms with Gasteiger partial charge < -0.3 is 14.7 Å². The zero-order chi connectivity index (χ0) is 19.9. The molecule has 4 nitrogen and oxygen atoms in total. The van der Waals surface area contributed by atoms with E-state index in [0.29, 0.717) is 28.4 Å². The first-order chi connectivity index (χ1) is 13.4. The highest BCUT2D eigenvalue weighted by Crippen LogP contribution is 2.46. The van der Waals surface area contributed by atoms with Crippen LogP contribution in [0.5, 0.6) is 5.75 Å². The molecule has 0 unspecified atom stereocenters. The summed E-state index contributed by atoms with van der Waals surface area (Å²) in [6, 6.07) is 20.0. The molecule has 3 aromatic rings. The predicted molar refractivity (Wildman–Crippen MR) is 110 cm³/mol. The van der Waals surface area contributed by atoms with Crippen molar-refractivity contribution >= 4 is 23.2 Å². The van der Waals surface area contributed by atoms with E-state index >= 15 is 0 Å². The van der Waals surface area contributed by atoms with Crippen molar-refractivity contribution in [1.82, 2.24) is 0 Å². The number of aryl methyl sites for hydroxylation is 1. The van der Waals surface area contributed by atoms with Crippen molar-refractivity contribution in [2.45, 2.75) is 19.1 Å². The summed E-state index contributed by atoms with van der Waals surface area (Å²) in [5, 5.41) is 12.0. The zero-order valence-electron chi connectivity index (χ0n) is 15.6. The van der Waals surface area contributed by atoms with E-state index in [1.165, 1.54) is 0 Å². The third-order valence-corrected chi connectivity index (χ3v) is 5.40. The molecular weight excluding hydrogens is 374 g/mol. The molecule has 0 fully saturated rings. The number of fused-ring (bicyclic) bond motifs is 1. The van der Waals surface area contributed by atoms with Crippen LogP contribution in [0.3, 0.4) is 0 Å². The summed E-state index contributed by atoms with van der Waals surface area (Å²) in [6.07, 6.45) is 0. The molecule has 0 aromatic heterocycles. The molecule has 142 valence electrons. The molecule has 1 atom stereocenters. The maximum Gasteiger partial charge on any atom is 0.268 e. The Labute approximate surface area is 168 Å². The molecule has 0 aliphatic carbocycles. The number of methoxy groups -OCH3 is 1.